The molecule has 3 heteroatoms. The van der Waals surface area contributed by atoms with E-state index in [1.54, 1.807) is 6.21 Å². The zero-order chi connectivity index (χ0) is 11.2. The van der Waals surface area contributed by atoms with Crippen molar-refractivity contribution in [3.63, 3.8) is 0 Å². The highest BCUT2D eigenvalue weighted by Gasteiger charge is 1.93. The van der Waals surface area contributed by atoms with Crippen LogP contribution in [0.5, 0.6) is 0 Å². The highest BCUT2D eigenvalue weighted by atomic mass is 16.6. The second-order valence-corrected chi connectivity index (χ2v) is 3.44. The van der Waals surface area contributed by atoms with Gasteiger partial charge in [0.05, 0.1) is 0 Å². The summed E-state index contributed by atoms with van der Waals surface area (Å²) in [4.78, 5) is 5.14. The number of rotatable bonds is 4. The van der Waals surface area contributed by atoms with Crippen molar-refractivity contribution in [1.29, 1.82) is 0 Å². The molecule has 0 aliphatic carbocycles. The highest BCUT2D eigenvalue weighted by Crippen LogP contribution is 2.04. The topological polar surface area (TPSA) is 34.7 Å². The van der Waals surface area contributed by atoms with Crippen LogP contribution in [0.2, 0.25) is 0 Å². The first kappa shape index (κ1) is 10.5. The van der Waals surface area contributed by atoms with Crippen LogP contribution in [0.25, 0.3) is 0 Å². The number of aryl methyl sites for hydroxylation is 1. The fraction of sp³-hybridized carbons (Fsp3) is 0.154. The van der Waals surface area contributed by atoms with E-state index in [1.165, 1.54) is 0 Å². The SMILES string of the molecule is Cc1ccc(C=NOCc2ccccc2)o1. The molecule has 0 fully saturated rings. The highest BCUT2D eigenvalue weighted by molar-refractivity contribution is 5.75. The molecule has 0 amide bonds. The predicted molar refractivity (Wildman–Crippen MR) is 62.3 cm³/mol. The standard InChI is InChI=1S/C13H13NO2/c1-11-7-8-13(16-11)9-14-15-10-12-5-3-2-4-6-12/h2-9H,10H2,1H3. The smallest absolute Gasteiger partial charge is 0.148 e. The van der Waals surface area contributed by atoms with Crippen LogP contribution >= 0.6 is 0 Å². The monoisotopic (exact) mass is 215 g/mol. The van der Waals surface area contributed by atoms with E-state index >= 15 is 0 Å². The number of hydrogen-bond acceptors (Lipinski definition) is 3. The second-order valence-electron chi connectivity index (χ2n) is 3.44. The number of nitrogens with zero attached hydrogens (tertiary/aromatic N) is 1. The Balaban J connectivity index is 1.82. The van der Waals surface area contributed by atoms with Crippen LogP contribution in [0.3, 0.4) is 0 Å². The number of hydrogen-bond donors (Lipinski definition) is 0. The lowest BCUT2D eigenvalue weighted by Crippen LogP contribution is -1.86. The molecule has 1 aromatic carbocycles. The Kier molecular flexibility index (Phi) is 3.38. The van der Waals surface area contributed by atoms with Crippen LogP contribution in [0.1, 0.15) is 17.1 Å². The Morgan fingerprint density at radius 1 is 1.19 bits per heavy atom. The van der Waals surface area contributed by atoms with Crippen molar-refractivity contribution < 1.29 is 9.25 Å². The van der Waals surface area contributed by atoms with Gasteiger partial charge in [-0.1, -0.05) is 35.5 Å². The van der Waals surface area contributed by atoms with Crippen molar-refractivity contribution in [2.45, 2.75) is 13.5 Å². The lowest BCUT2D eigenvalue weighted by molar-refractivity contribution is 0.132. The Bertz CT molecular complexity index is 460. The van der Waals surface area contributed by atoms with Crippen LogP contribution in [0.15, 0.2) is 52.0 Å². The number of furan rings is 1. The Morgan fingerprint density at radius 3 is 2.69 bits per heavy atom. The predicted octanol–water partition coefficient (Wildman–Crippen LogP) is 3.14. The van der Waals surface area contributed by atoms with Gasteiger partial charge in [-0.05, 0) is 24.6 Å². The molecule has 2 rings (SSSR count). The molecule has 0 radical (unpaired) electrons. The molecule has 0 aliphatic heterocycles. The molecule has 0 spiro atoms. The van der Waals surface area contributed by atoms with E-state index in [-0.39, 0.29) is 0 Å². The largest absolute Gasteiger partial charge is 0.460 e. The van der Waals surface area contributed by atoms with E-state index in [0.717, 1.165) is 11.3 Å². The first-order valence-electron chi connectivity index (χ1n) is 5.10. The molecular weight excluding hydrogens is 202 g/mol. The van der Waals surface area contributed by atoms with E-state index in [0.29, 0.717) is 12.4 Å². The van der Waals surface area contributed by atoms with Gasteiger partial charge in [0.25, 0.3) is 0 Å². The normalized spacial score (nSPS) is 10.8. The van der Waals surface area contributed by atoms with E-state index < -0.39 is 0 Å². The third-order valence-electron chi connectivity index (χ3n) is 2.09. The van der Waals surface area contributed by atoms with Crippen LogP contribution in [-0.2, 0) is 11.4 Å². The first-order valence-corrected chi connectivity index (χ1v) is 5.10. The van der Waals surface area contributed by atoms with Crippen molar-refractivity contribution >= 4 is 6.21 Å². The molecule has 0 N–H and O–H groups in total. The summed E-state index contributed by atoms with van der Waals surface area (Å²) in [7, 11) is 0. The van der Waals surface area contributed by atoms with Crippen LogP contribution in [0.4, 0.5) is 0 Å². The first-order chi connectivity index (χ1) is 7.84. The van der Waals surface area contributed by atoms with Crippen molar-refractivity contribution in [3.8, 4) is 0 Å². The van der Waals surface area contributed by atoms with Gasteiger partial charge in [0.2, 0.25) is 0 Å². The fourth-order valence-electron chi connectivity index (χ4n) is 1.30. The average molecular weight is 215 g/mol. The summed E-state index contributed by atoms with van der Waals surface area (Å²) in [6.45, 7) is 2.36. The maximum atomic E-state index is 5.31. The molecule has 2 aromatic rings. The van der Waals surface area contributed by atoms with Crippen molar-refractivity contribution in [2.24, 2.45) is 5.16 Å². The zero-order valence-corrected chi connectivity index (χ0v) is 9.09. The molecule has 0 saturated heterocycles. The van der Waals surface area contributed by atoms with Crippen molar-refractivity contribution in [3.05, 3.63) is 59.5 Å². The Labute approximate surface area is 94.3 Å². The number of oxime groups is 1. The summed E-state index contributed by atoms with van der Waals surface area (Å²) in [6, 6.07) is 13.6. The van der Waals surface area contributed by atoms with Crippen LogP contribution in [-0.4, -0.2) is 6.21 Å². The minimum absolute atomic E-state index is 0.469. The maximum Gasteiger partial charge on any atom is 0.148 e. The number of benzene rings is 1. The summed E-state index contributed by atoms with van der Waals surface area (Å²) >= 11 is 0. The van der Waals surface area contributed by atoms with Gasteiger partial charge in [0.1, 0.15) is 24.3 Å². The van der Waals surface area contributed by atoms with E-state index in [9.17, 15) is 0 Å². The van der Waals surface area contributed by atoms with Gasteiger partial charge in [-0.2, -0.15) is 0 Å². The van der Waals surface area contributed by atoms with Gasteiger partial charge in [-0.25, -0.2) is 0 Å². The minimum Gasteiger partial charge on any atom is -0.460 e. The van der Waals surface area contributed by atoms with Crippen LogP contribution in [0, 0.1) is 6.92 Å². The van der Waals surface area contributed by atoms with Gasteiger partial charge in [-0.3, -0.25) is 0 Å². The van der Waals surface area contributed by atoms with Crippen LogP contribution < -0.4 is 0 Å². The van der Waals surface area contributed by atoms with E-state index in [2.05, 4.69) is 5.16 Å². The maximum absolute atomic E-state index is 5.31. The van der Waals surface area contributed by atoms with Gasteiger partial charge in [0, 0.05) is 0 Å². The minimum atomic E-state index is 0.469. The van der Waals surface area contributed by atoms with Gasteiger partial charge in [-0.15, -0.1) is 0 Å². The summed E-state index contributed by atoms with van der Waals surface area (Å²) < 4.78 is 5.31. The van der Waals surface area contributed by atoms with Gasteiger partial charge >= 0.3 is 0 Å². The molecule has 0 bridgehead atoms. The van der Waals surface area contributed by atoms with Crippen molar-refractivity contribution in [2.75, 3.05) is 0 Å². The molecule has 3 nitrogen and oxygen atoms in total. The summed E-state index contributed by atoms with van der Waals surface area (Å²) in [6.07, 6.45) is 1.57. The Morgan fingerprint density at radius 2 is 2.00 bits per heavy atom. The molecular formula is C13H13NO2. The molecule has 16 heavy (non-hydrogen) atoms. The summed E-state index contributed by atoms with van der Waals surface area (Å²) in [5.74, 6) is 1.56. The Hall–Kier alpha value is -2.03. The molecule has 82 valence electrons. The second kappa shape index (κ2) is 5.16. The molecule has 1 aromatic heterocycles. The van der Waals surface area contributed by atoms with E-state index in [4.69, 9.17) is 9.25 Å². The molecule has 0 saturated carbocycles. The molecule has 0 unspecified atom stereocenters. The zero-order valence-electron chi connectivity index (χ0n) is 9.09. The summed E-state index contributed by atoms with van der Waals surface area (Å²) in [5, 5.41) is 3.83. The third-order valence-corrected chi connectivity index (χ3v) is 2.09. The molecule has 0 aliphatic rings. The summed E-state index contributed by atoms with van der Waals surface area (Å²) in [5.41, 5.74) is 1.09. The average Bonchev–Trinajstić information content (AvgIpc) is 2.72. The van der Waals surface area contributed by atoms with Gasteiger partial charge in [0.15, 0.2) is 0 Å². The van der Waals surface area contributed by atoms with Gasteiger partial charge < -0.3 is 9.25 Å². The molecule has 0 atom stereocenters. The lowest BCUT2D eigenvalue weighted by atomic mass is 10.2. The van der Waals surface area contributed by atoms with Crippen molar-refractivity contribution in [1.82, 2.24) is 0 Å². The third kappa shape index (κ3) is 2.98. The van der Waals surface area contributed by atoms with E-state index in [1.807, 2.05) is 49.4 Å². The quantitative estimate of drug-likeness (QED) is 0.580. The molecule has 1 heterocycles. The lowest BCUT2D eigenvalue weighted by Gasteiger charge is -1.97. The fourth-order valence-corrected chi connectivity index (χ4v) is 1.30.